The highest BCUT2D eigenvalue weighted by atomic mass is 19.3. The van der Waals surface area contributed by atoms with Gasteiger partial charge in [-0.15, -0.1) is 0 Å². The molecule has 2 N–H and O–H groups in total. The van der Waals surface area contributed by atoms with Crippen molar-refractivity contribution in [3.05, 3.63) is 0 Å². The van der Waals surface area contributed by atoms with E-state index in [1.807, 2.05) is 13.8 Å². The lowest BCUT2D eigenvalue weighted by Crippen LogP contribution is -2.41. The summed E-state index contributed by atoms with van der Waals surface area (Å²) in [4.78, 5) is 1.49. The molecule has 92 valence electrons. The fourth-order valence-electron chi connectivity index (χ4n) is 1.38. The molecule has 0 bridgehead atoms. The second kappa shape index (κ2) is 7.09. The molecule has 0 aromatic carbocycles. The van der Waals surface area contributed by atoms with E-state index in [0.717, 1.165) is 0 Å². The molecule has 0 saturated heterocycles. The summed E-state index contributed by atoms with van der Waals surface area (Å²) in [5, 5.41) is 17.9. The van der Waals surface area contributed by atoms with Crippen LogP contribution in [0, 0.1) is 5.41 Å². The summed E-state index contributed by atoms with van der Waals surface area (Å²) in [7, 11) is 0. The van der Waals surface area contributed by atoms with E-state index in [1.54, 1.807) is 0 Å². The lowest BCUT2D eigenvalue weighted by Gasteiger charge is -2.32. The lowest BCUT2D eigenvalue weighted by atomic mass is 9.88. The standard InChI is InChI=1S/C10H21F2NO2/c1-3-10(2,8-15)7-13(4-5-14)6-9(11)12/h9,14-15H,3-8H2,1-2H3. The summed E-state index contributed by atoms with van der Waals surface area (Å²) in [5.74, 6) is 0. The van der Waals surface area contributed by atoms with E-state index >= 15 is 0 Å². The molecule has 0 aliphatic heterocycles. The number of hydrogen-bond acceptors (Lipinski definition) is 3. The molecule has 5 heteroatoms. The van der Waals surface area contributed by atoms with Gasteiger partial charge in [0.05, 0.1) is 13.2 Å². The second-order valence-corrected chi connectivity index (χ2v) is 4.17. The molecular formula is C10H21F2NO2. The van der Waals surface area contributed by atoms with Crippen LogP contribution in [0.4, 0.5) is 8.78 Å². The third-order valence-electron chi connectivity index (χ3n) is 2.65. The molecule has 0 rings (SSSR count). The first-order valence-electron chi connectivity index (χ1n) is 5.19. The first kappa shape index (κ1) is 14.7. The zero-order valence-electron chi connectivity index (χ0n) is 9.42. The van der Waals surface area contributed by atoms with Crippen LogP contribution < -0.4 is 0 Å². The SMILES string of the molecule is CCC(C)(CO)CN(CCO)CC(F)F. The maximum absolute atomic E-state index is 12.2. The molecule has 0 saturated carbocycles. The van der Waals surface area contributed by atoms with Gasteiger partial charge in [0.2, 0.25) is 0 Å². The largest absolute Gasteiger partial charge is 0.396 e. The average molecular weight is 225 g/mol. The Hall–Kier alpha value is -0.260. The van der Waals surface area contributed by atoms with Gasteiger partial charge in [-0.3, -0.25) is 4.90 Å². The Balaban J connectivity index is 4.24. The Morgan fingerprint density at radius 3 is 2.27 bits per heavy atom. The second-order valence-electron chi connectivity index (χ2n) is 4.17. The van der Waals surface area contributed by atoms with Gasteiger partial charge in [0.1, 0.15) is 0 Å². The highest BCUT2D eigenvalue weighted by Crippen LogP contribution is 2.21. The molecule has 3 nitrogen and oxygen atoms in total. The van der Waals surface area contributed by atoms with E-state index in [9.17, 15) is 8.78 Å². The van der Waals surface area contributed by atoms with Crippen LogP contribution in [0.5, 0.6) is 0 Å². The maximum atomic E-state index is 12.2. The normalized spacial score (nSPS) is 16.0. The van der Waals surface area contributed by atoms with E-state index in [2.05, 4.69) is 0 Å². The van der Waals surface area contributed by atoms with E-state index in [-0.39, 0.29) is 31.7 Å². The zero-order chi connectivity index (χ0) is 11.9. The smallest absolute Gasteiger partial charge is 0.251 e. The van der Waals surface area contributed by atoms with Gasteiger partial charge in [0, 0.05) is 25.1 Å². The quantitative estimate of drug-likeness (QED) is 0.646. The predicted octanol–water partition coefficient (Wildman–Crippen LogP) is 0.954. The number of aliphatic hydroxyl groups is 2. The predicted molar refractivity (Wildman–Crippen MR) is 55.0 cm³/mol. The Morgan fingerprint density at radius 1 is 1.33 bits per heavy atom. The molecule has 1 unspecified atom stereocenters. The topological polar surface area (TPSA) is 43.7 Å². The molecular weight excluding hydrogens is 204 g/mol. The van der Waals surface area contributed by atoms with Gasteiger partial charge < -0.3 is 10.2 Å². The summed E-state index contributed by atoms with van der Waals surface area (Å²) < 4.78 is 24.4. The number of rotatable bonds is 8. The fraction of sp³-hybridized carbons (Fsp3) is 1.00. The van der Waals surface area contributed by atoms with Crippen molar-refractivity contribution in [3.8, 4) is 0 Å². The summed E-state index contributed by atoms with van der Waals surface area (Å²) in [6.07, 6.45) is -1.69. The molecule has 0 aromatic rings. The van der Waals surface area contributed by atoms with E-state index in [1.165, 1.54) is 4.90 Å². The highest BCUT2D eigenvalue weighted by Gasteiger charge is 2.25. The van der Waals surface area contributed by atoms with Crippen molar-refractivity contribution in [2.75, 3.05) is 32.8 Å². The van der Waals surface area contributed by atoms with Crippen LogP contribution in [0.1, 0.15) is 20.3 Å². The van der Waals surface area contributed by atoms with Crippen molar-refractivity contribution in [3.63, 3.8) is 0 Å². The van der Waals surface area contributed by atoms with Gasteiger partial charge >= 0.3 is 0 Å². The van der Waals surface area contributed by atoms with Crippen LogP contribution in [-0.2, 0) is 0 Å². The van der Waals surface area contributed by atoms with Gasteiger partial charge in [0.15, 0.2) is 0 Å². The van der Waals surface area contributed by atoms with Crippen molar-refractivity contribution in [2.24, 2.45) is 5.41 Å². The van der Waals surface area contributed by atoms with Crippen molar-refractivity contribution in [1.29, 1.82) is 0 Å². The minimum absolute atomic E-state index is 0.0331. The van der Waals surface area contributed by atoms with E-state index in [4.69, 9.17) is 10.2 Å². The number of alkyl halides is 2. The molecule has 0 amide bonds. The molecule has 0 aliphatic rings. The number of nitrogens with zero attached hydrogens (tertiary/aromatic N) is 1. The van der Waals surface area contributed by atoms with Crippen LogP contribution in [0.2, 0.25) is 0 Å². The molecule has 0 spiro atoms. The minimum Gasteiger partial charge on any atom is -0.396 e. The lowest BCUT2D eigenvalue weighted by molar-refractivity contribution is 0.0333. The molecule has 0 fully saturated rings. The molecule has 15 heavy (non-hydrogen) atoms. The molecule has 0 heterocycles. The van der Waals surface area contributed by atoms with Crippen LogP contribution in [0.3, 0.4) is 0 Å². The summed E-state index contributed by atoms with van der Waals surface area (Å²) in [5.41, 5.74) is -0.371. The van der Waals surface area contributed by atoms with Crippen LogP contribution in [0.25, 0.3) is 0 Å². The highest BCUT2D eigenvalue weighted by molar-refractivity contribution is 4.76. The molecule has 0 radical (unpaired) electrons. The van der Waals surface area contributed by atoms with Gasteiger partial charge in [-0.25, -0.2) is 8.78 Å². The summed E-state index contributed by atoms with van der Waals surface area (Å²) in [6.45, 7) is 3.84. The van der Waals surface area contributed by atoms with Crippen LogP contribution in [0.15, 0.2) is 0 Å². The minimum atomic E-state index is -2.41. The Kier molecular flexibility index (Phi) is 6.96. The van der Waals surface area contributed by atoms with Gasteiger partial charge in [-0.2, -0.15) is 0 Å². The molecule has 1 atom stereocenters. The van der Waals surface area contributed by atoms with Crippen molar-refractivity contribution < 1.29 is 19.0 Å². The van der Waals surface area contributed by atoms with Crippen molar-refractivity contribution >= 4 is 0 Å². The fourth-order valence-corrected chi connectivity index (χ4v) is 1.38. The molecule has 0 aliphatic carbocycles. The van der Waals surface area contributed by atoms with Gasteiger partial charge in [-0.1, -0.05) is 13.8 Å². The first-order valence-corrected chi connectivity index (χ1v) is 5.19. The Morgan fingerprint density at radius 2 is 1.93 bits per heavy atom. The van der Waals surface area contributed by atoms with E-state index in [0.29, 0.717) is 13.0 Å². The van der Waals surface area contributed by atoms with Crippen molar-refractivity contribution in [1.82, 2.24) is 4.90 Å². The third kappa shape index (κ3) is 6.02. The average Bonchev–Trinajstić information content (AvgIpc) is 2.17. The van der Waals surface area contributed by atoms with Gasteiger partial charge in [-0.05, 0) is 6.42 Å². The molecule has 0 aromatic heterocycles. The number of halogens is 2. The number of hydrogen-bond donors (Lipinski definition) is 2. The van der Waals surface area contributed by atoms with Gasteiger partial charge in [0.25, 0.3) is 6.43 Å². The Labute approximate surface area is 89.7 Å². The van der Waals surface area contributed by atoms with Crippen LogP contribution >= 0.6 is 0 Å². The summed E-state index contributed by atoms with van der Waals surface area (Å²) in [6, 6.07) is 0. The zero-order valence-corrected chi connectivity index (χ0v) is 9.42. The van der Waals surface area contributed by atoms with Crippen molar-refractivity contribution in [2.45, 2.75) is 26.7 Å². The Bertz CT molecular complexity index is 164. The number of aliphatic hydroxyl groups excluding tert-OH is 2. The summed E-state index contributed by atoms with van der Waals surface area (Å²) >= 11 is 0. The first-order chi connectivity index (χ1) is 6.97. The van der Waals surface area contributed by atoms with E-state index < -0.39 is 6.43 Å². The third-order valence-corrected chi connectivity index (χ3v) is 2.65. The van der Waals surface area contributed by atoms with Crippen LogP contribution in [-0.4, -0.2) is 54.4 Å². The monoisotopic (exact) mass is 225 g/mol. The maximum Gasteiger partial charge on any atom is 0.251 e.